The topological polar surface area (TPSA) is 74.3 Å². The lowest BCUT2D eigenvalue weighted by Gasteiger charge is -2.13. The highest BCUT2D eigenvalue weighted by Crippen LogP contribution is 2.24. The Morgan fingerprint density at radius 1 is 1.06 bits per heavy atom. The molecule has 3 rings (SSSR count). The molecule has 1 heterocycles. The van der Waals surface area contributed by atoms with Crippen molar-refractivity contribution in [3.63, 3.8) is 0 Å². The van der Waals surface area contributed by atoms with E-state index in [0.717, 1.165) is 23.2 Å². The van der Waals surface area contributed by atoms with Crippen molar-refractivity contribution in [2.75, 3.05) is 19.4 Å². The van der Waals surface area contributed by atoms with Crippen LogP contribution in [0.2, 0.25) is 0 Å². The minimum absolute atomic E-state index is 0.0818. The van der Waals surface area contributed by atoms with Crippen molar-refractivity contribution in [1.82, 2.24) is 15.2 Å². The molecule has 168 valence electrons. The van der Waals surface area contributed by atoms with Gasteiger partial charge in [-0.1, -0.05) is 62.4 Å². The minimum Gasteiger partial charge on any atom is -0.352 e. The number of aromatic nitrogens is 1. The molecular weight excluding hydrogens is 420 g/mol. The molecule has 0 spiro atoms. The van der Waals surface area contributed by atoms with Crippen LogP contribution in [0.15, 0.2) is 53.9 Å². The van der Waals surface area contributed by atoms with Gasteiger partial charge in [0.1, 0.15) is 0 Å². The maximum Gasteiger partial charge on any atom is 0.228 e. The summed E-state index contributed by atoms with van der Waals surface area (Å²) in [6, 6.07) is 16.6. The van der Waals surface area contributed by atoms with Gasteiger partial charge in [0.05, 0.1) is 12.1 Å². The number of thiazole rings is 1. The van der Waals surface area contributed by atoms with E-state index < -0.39 is 0 Å². The van der Waals surface area contributed by atoms with Gasteiger partial charge < -0.3 is 15.5 Å². The van der Waals surface area contributed by atoms with Crippen LogP contribution in [0.25, 0.3) is 11.1 Å². The standard InChI is InChI=1S/C25H30N4O2S/c1-17(2)24(31)28-25-27-21(16-32-25)13-23(30)26-14-20-7-5-6-8-22(20)19-11-9-18(10-12-19)15-29(3)4/h5-12,16-17H,13-15H2,1-4H3,(H,26,30)(H,27,28,31). The number of amides is 2. The van der Waals surface area contributed by atoms with Crippen LogP contribution < -0.4 is 10.6 Å². The fourth-order valence-electron chi connectivity index (χ4n) is 3.23. The van der Waals surface area contributed by atoms with Gasteiger partial charge in [-0.2, -0.15) is 0 Å². The van der Waals surface area contributed by atoms with Gasteiger partial charge in [0.25, 0.3) is 0 Å². The van der Waals surface area contributed by atoms with Crippen molar-refractivity contribution in [1.29, 1.82) is 0 Å². The van der Waals surface area contributed by atoms with Gasteiger partial charge in [-0.15, -0.1) is 11.3 Å². The van der Waals surface area contributed by atoms with Crippen LogP contribution in [0.4, 0.5) is 5.13 Å². The molecule has 1 aromatic heterocycles. The molecule has 0 radical (unpaired) electrons. The van der Waals surface area contributed by atoms with Crippen LogP contribution in [-0.2, 0) is 29.1 Å². The van der Waals surface area contributed by atoms with Crippen LogP contribution in [-0.4, -0.2) is 35.8 Å². The van der Waals surface area contributed by atoms with Gasteiger partial charge in [0.2, 0.25) is 11.8 Å². The largest absolute Gasteiger partial charge is 0.352 e. The maximum atomic E-state index is 12.5. The first-order valence-corrected chi connectivity index (χ1v) is 11.5. The Labute approximate surface area is 193 Å². The summed E-state index contributed by atoms with van der Waals surface area (Å²) in [4.78, 5) is 30.8. The molecular formula is C25H30N4O2S. The van der Waals surface area contributed by atoms with Crippen LogP contribution in [0.5, 0.6) is 0 Å². The molecule has 3 aromatic rings. The van der Waals surface area contributed by atoms with Crippen LogP contribution >= 0.6 is 11.3 Å². The zero-order valence-corrected chi connectivity index (χ0v) is 19.8. The zero-order valence-electron chi connectivity index (χ0n) is 19.0. The van der Waals surface area contributed by atoms with Crippen molar-refractivity contribution < 1.29 is 9.59 Å². The van der Waals surface area contributed by atoms with Crippen molar-refractivity contribution in [2.24, 2.45) is 5.92 Å². The summed E-state index contributed by atoms with van der Waals surface area (Å²) in [5.74, 6) is -0.301. The van der Waals surface area contributed by atoms with Gasteiger partial charge in [0.15, 0.2) is 5.13 Å². The third-order valence-corrected chi connectivity index (χ3v) is 5.71. The molecule has 0 saturated carbocycles. The van der Waals surface area contributed by atoms with Gasteiger partial charge in [-0.05, 0) is 36.3 Å². The second kappa shape index (κ2) is 11.0. The quantitative estimate of drug-likeness (QED) is 0.509. The van der Waals surface area contributed by atoms with E-state index in [2.05, 4.69) is 64.9 Å². The summed E-state index contributed by atoms with van der Waals surface area (Å²) >= 11 is 1.33. The van der Waals surface area contributed by atoms with E-state index in [1.54, 1.807) is 5.38 Å². The Kier molecular flexibility index (Phi) is 8.14. The highest BCUT2D eigenvalue weighted by molar-refractivity contribution is 7.13. The fourth-order valence-corrected chi connectivity index (χ4v) is 3.94. The van der Waals surface area contributed by atoms with Gasteiger partial charge in [0, 0.05) is 24.4 Å². The molecule has 32 heavy (non-hydrogen) atoms. The number of hydrogen-bond acceptors (Lipinski definition) is 5. The zero-order chi connectivity index (χ0) is 23.1. The smallest absolute Gasteiger partial charge is 0.228 e. The maximum absolute atomic E-state index is 12.5. The van der Waals surface area contributed by atoms with Crippen LogP contribution in [0.1, 0.15) is 30.7 Å². The fraction of sp³-hybridized carbons (Fsp3) is 0.320. The molecule has 2 aromatic carbocycles. The monoisotopic (exact) mass is 450 g/mol. The van der Waals surface area contributed by atoms with E-state index in [0.29, 0.717) is 17.4 Å². The predicted molar refractivity (Wildman–Crippen MR) is 130 cm³/mol. The van der Waals surface area contributed by atoms with Gasteiger partial charge >= 0.3 is 0 Å². The van der Waals surface area contributed by atoms with Gasteiger partial charge in [-0.25, -0.2) is 4.98 Å². The molecule has 0 aliphatic heterocycles. The van der Waals surface area contributed by atoms with Crippen LogP contribution in [0, 0.1) is 5.92 Å². The number of nitrogens with zero attached hydrogens (tertiary/aromatic N) is 2. The first-order valence-electron chi connectivity index (χ1n) is 10.7. The van der Waals surface area contributed by atoms with E-state index in [1.807, 2.05) is 32.0 Å². The first kappa shape index (κ1) is 23.6. The molecule has 2 amide bonds. The second-order valence-corrected chi connectivity index (χ2v) is 9.19. The highest BCUT2D eigenvalue weighted by Gasteiger charge is 2.12. The molecule has 7 heteroatoms. The van der Waals surface area contributed by atoms with Crippen molar-refractivity contribution >= 4 is 28.3 Å². The Morgan fingerprint density at radius 2 is 1.78 bits per heavy atom. The minimum atomic E-state index is -0.116. The Balaban J connectivity index is 1.60. The Morgan fingerprint density at radius 3 is 2.47 bits per heavy atom. The molecule has 0 atom stereocenters. The first-order chi connectivity index (χ1) is 15.3. The van der Waals surface area contributed by atoms with E-state index in [4.69, 9.17) is 0 Å². The summed E-state index contributed by atoms with van der Waals surface area (Å²) in [6.07, 6.45) is 0.176. The molecule has 0 aliphatic carbocycles. The lowest BCUT2D eigenvalue weighted by Crippen LogP contribution is -2.25. The average Bonchev–Trinajstić information content (AvgIpc) is 3.19. The molecule has 0 unspecified atom stereocenters. The Bertz CT molecular complexity index is 1060. The summed E-state index contributed by atoms with van der Waals surface area (Å²) in [5.41, 5.74) is 5.20. The normalized spacial score (nSPS) is 11.1. The number of hydrogen-bond donors (Lipinski definition) is 2. The second-order valence-electron chi connectivity index (χ2n) is 8.33. The molecule has 0 fully saturated rings. The van der Waals surface area contributed by atoms with E-state index in [9.17, 15) is 9.59 Å². The number of anilines is 1. The molecule has 0 bridgehead atoms. The van der Waals surface area contributed by atoms with E-state index in [-0.39, 0.29) is 24.2 Å². The number of carbonyl (C=O) groups is 2. The predicted octanol–water partition coefficient (Wildman–Crippen LogP) is 4.33. The Hall–Kier alpha value is -3.03. The number of rotatable bonds is 9. The number of carbonyl (C=O) groups excluding carboxylic acids is 2. The summed E-state index contributed by atoms with van der Waals surface area (Å²) in [6.45, 7) is 4.99. The van der Waals surface area contributed by atoms with Crippen molar-refractivity contribution in [3.05, 3.63) is 70.7 Å². The highest BCUT2D eigenvalue weighted by atomic mass is 32.1. The van der Waals surface area contributed by atoms with E-state index >= 15 is 0 Å². The molecule has 0 aliphatic rings. The molecule has 0 saturated heterocycles. The van der Waals surface area contributed by atoms with Crippen molar-refractivity contribution in [3.8, 4) is 11.1 Å². The van der Waals surface area contributed by atoms with E-state index in [1.165, 1.54) is 16.9 Å². The number of benzene rings is 2. The summed E-state index contributed by atoms with van der Waals surface area (Å²) in [5, 5.41) is 8.09. The third-order valence-electron chi connectivity index (χ3n) is 4.91. The lowest BCUT2D eigenvalue weighted by molar-refractivity contribution is -0.120. The molecule has 6 nitrogen and oxygen atoms in total. The SMILES string of the molecule is CC(C)C(=O)Nc1nc(CC(=O)NCc2ccccc2-c2ccc(CN(C)C)cc2)cs1. The van der Waals surface area contributed by atoms with Crippen molar-refractivity contribution in [2.45, 2.75) is 33.4 Å². The summed E-state index contributed by atoms with van der Waals surface area (Å²) in [7, 11) is 4.11. The lowest BCUT2D eigenvalue weighted by atomic mass is 9.98. The molecule has 2 N–H and O–H groups in total. The summed E-state index contributed by atoms with van der Waals surface area (Å²) < 4.78 is 0. The number of nitrogens with one attached hydrogen (secondary N) is 2. The average molecular weight is 451 g/mol. The van der Waals surface area contributed by atoms with Crippen LogP contribution in [0.3, 0.4) is 0 Å². The third kappa shape index (κ3) is 6.73. The van der Waals surface area contributed by atoms with Gasteiger partial charge in [-0.3, -0.25) is 9.59 Å².